The Kier molecular flexibility index (Phi) is 4.99. The largest absolute Gasteiger partial charge is 0.445 e. The van der Waals surface area contributed by atoms with Crippen LogP contribution in [-0.4, -0.2) is 41.7 Å². The van der Waals surface area contributed by atoms with E-state index in [4.69, 9.17) is 4.74 Å². The maximum atomic E-state index is 12.2. The maximum absolute atomic E-state index is 12.2. The number of ether oxygens (including phenoxy) is 1. The van der Waals surface area contributed by atoms with Crippen LogP contribution in [0.3, 0.4) is 0 Å². The minimum Gasteiger partial charge on any atom is -0.445 e. The summed E-state index contributed by atoms with van der Waals surface area (Å²) >= 11 is 0. The van der Waals surface area contributed by atoms with Gasteiger partial charge < -0.3 is 19.5 Å². The third-order valence-electron chi connectivity index (χ3n) is 6.87. The normalized spacial score (nSPS) is 23.2. The van der Waals surface area contributed by atoms with Gasteiger partial charge in [0.2, 0.25) is 0 Å². The molecule has 1 fully saturated rings. The SMILES string of the molecule is CN1C[C@@H](CNC(=O)OCc2ccccc2)C[C@@H]2c3cccc4c3c(cn4C)C[C@H]21. The molecule has 0 saturated carbocycles. The molecule has 1 aliphatic carbocycles. The first kappa shape index (κ1) is 19.2. The van der Waals surface area contributed by atoms with Gasteiger partial charge in [-0.05, 0) is 48.6 Å². The molecule has 156 valence electrons. The van der Waals surface area contributed by atoms with Crippen LogP contribution in [0.25, 0.3) is 10.9 Å². The molecule has 1 aliphatic heterocycles. The highest BCUT2D eigenvalue weighted by Gasteiger charge is 2.39. The van der Waals surface area contributed by atoms with Gasteiger partial charge in [-0.3, -0.25) is 0 Å². The topological polar surface area (TPSA) is 46.5 Å². The molecule has 5 rings (SSSR count). The number of aryl methyl sites for hydroxylation is 1. The molecule has 2 heterocycles. The lowest BCUT2D eigenvalue weighted by molar-refractivity contribution is 0.104. The summed E-state index contributed by atoms with van der Waals surface area (Å²) in [4.78, 5) is 14.7. The summed E-state index contributed by atoms with van der Waals surface area (Å²) in [7, 11) is 4.37. The van der Waals surface area contributed by atoms with E-state index in [1.54, 1.807) is 0 Å². The van der Waals surface area contributed by atoms with Crippen LogP contribution in [-0.2, 0) is 24.8 Å². The van der Waals surface area contributed by atoms with Crippen molar-refractivity contribution in [2.75, 3.05) is 20.1 Å². The number of likely N-dealkylation sites (tertiary alicyclic amines) is 1. The van der Waals surface area contributed by atoms with Crippen molar-refractivity contribution in [2.24, 2.45) is 13.0 Å². The number of carbonyl (C=O) groups excluding carboxylic acids is 1. The Labute approximate surface area is 177 Å². The van der Waals surface area contributed by atoms with Crippen LogP contribution in [0.5, 0.6) is 0 Å². The molecule has 2 aromatic carbocycles. The monoisotopic (exact) mass is 403 g/mol. The molecule has 0 radical (unpaired) electrons. The quantitative estimate of drug-likeness (QED) is 0.714. The molecule has 0 bridgehead atoms. The van der Waals surface area contributed by atoms with E-state index in [0.717, 1.165) is 24.9 Å². The number of rotatable bonds is 4. The minimum absolute atomic E-state index is 0.306. The molecule has 0 spiro atoms. The van der Waals surface area contributed by atoms with E-state index in [9.17, 15) is 4.79 Å². The lowest BCUT2D eigenvalue weighted by atomic mass is 9.72. The summed E-state index contributed by atoms with van der Waals surface area (Å²) in [6.07, 6.45) is 4.17. The molecular weight excluding hydrogens is 374 g/mol. The highest BCUT2D eigenvalue weighted by molar-refractivity contribution is 5.89. The van der Waals surface area contributed by atoms with Gasteiger partial charge in [-0.15, -0.1) is 0 Å². The molecule has 5 heteroatoms. The first-order valence-corrected chi connectivity index (χ1v) is 10.8. The number of nitrogens with zero attached hydrogens (tertiary/aromatic N) is 2. The molecule has 1 N–H and O–H groups in total. The average Bonchev–Trinajstić information content (AvgIpc) is 3.09. The minimum atomic E-state index is -0.334. The van der Waals surface area contributed by atoms with E-state index in [-0.39, 0.29) is 6.09 Å². The number of carbonyl (C=O) groups is 1. The van der Waals surface area contributed by atoms with Gasteiger partial charge in [0.25, 0.3) is 0 Å². The van der Waals surface area contributed by atoms with E-state index in [0.29, 0.717) is 31.0 Å². The van der Waals surface area contributed by atoms with Gasteiger partial charge >= 0.3 is 6.09 Å². The number of alkyl carbamates (subject to hydrolysis) is 1. The molecule has 1 aromatic heterocycles. The van der Waals surface area contributed by atoms with Crippen molar-refractivity contribution >= 4 is 17.0 Å². The Balaban J connectivity index is 1.25. The zero-order valence-electron chi connectivity index (χ0n) is 17.7. The predicted molar refractivity (Wildman–Crippen MR) is 119 cm³/mol. The van der Waals surface area contributed by atoms with Crippen molar-refractivity contribution in [3.63, 3.8) is 0 Å². The zero-order valence-corrected chi connectivity index (χ0v) is 17.7. The molecular formula is C25H29N3O2. The smallest absolute Gasteiger partial charge is 0.407 e. The second kappa shape index (κ2) is 7.80. The van der Waals surface area contributed by atoms with E-state index >= 15 is 0 Å². The number of likely N-dealkylation sites (N-methyl/N-ethyl adjacent to an activating group) is 1. The fraction of sp³-hybridized carbons (Fsp3) is 0.400. The summed E-state index contributed by atoms with van der Waals surface area (Å²) in [5.74, 6) is 0.926. The zero-order chi connectivity index (χ0) is 20.7. The third kappa shape index (κ3) is 3.47. The summed E-state index contributed by atoms with van der Waals surface area (Å²) in [5.41, 5.74) is 5.27. The Morgan fingerprint density at radius 2 is 1.97 bits per heavy atom. The molecule has 3 aromatic rings. The lowest BCUT2D eigenvalue weighted by Crippen LogP contribution is -2.50. The van der Waals surface area contributed by atoms with E-state index < -0.39 is 0 Å². The van der Waals surface area contributed by atoms with Crippen LogP contribution in [0.1, 0.15) is 29.0 Å². The highest BCUT2D eigenvalue weighted by Crippen LogP contribution is 2.44. The fourth-order valence-corrected chi connectivity index (χ4v) is 5.48. The Bertz CT molecular complexity index is 1060. The molecule has 5 nitrogen and oxygen atoms in total. The molecule has 3 atom stereocenters. The second-order valence-electron chi connectivity index (χ2n) is 8.87. The molecule has 0 unspecified atom stereocenters. The van der Waals surface area contributed by atoms with Crippen LogP contribution in [0.4, 0.5) is 4.79 Å². The first-order chi connectivity index (χ1) is 14.6. The summed E-state index contributed by atoms with van der Waals surface area (Å²) in [5, 5.41) is 4.44. The number of amides is 1. The van der Waals surface area contributed by atoms with E-state index in [1.807, 2.05) is 30.3 Å². The van der Waals surface area contributed by atoms with Crippen molar-refractivity contribution in [3.8, 4) is 0 Å². The van der Waals surface area contributed by atoms with Crippen LogP contribution < -0.4 is 5.32 Å². The molecule has 1 amide bonds. The number of fused-ring (bicyclic) bond motifs is 2. The number of hydrogen-bond donors (Lipinski definition) is 1. The van der Waals surface area contributed by atoms with Crippen molar-refractivity contribution in [1.29, 1.82) is 0 Å². The molecule has 1 saturated heterocycles. The van der Waals surface area contributed by atoms with Gasteiger partial charge in [0, 0.05) is 49.2 Å². The fourth-order valence-electron chi connectivity index (χ4n) is 5.48. The number of benzene rings is 2. The average molecular weight is 404 g/mol. The number of piperidine rings is 1. The van der Waals surface area contributed by atoms with Gasteiger partial charge in [-0.1, -0.05) is 42.5 Å². The van der Waals surface area contributed by atoms with Crippen molar-refractivity contribution in [2.45, 2.75) is 31.4 Å². The van der Waals surface area contributed by atoms with Crippen LogP contribution >= 0.6 is 0 Å². The van der Waals surface area contributed by atoms with Crippen LogP contribution in [0.15, 0.2) is 54.7 Å². The van der Waals surface area contributed by atoms with Crippen LogP contribution in [0.2, 0.25) is 0 Å². The van der Waals surface area contributed by atoms with Gasteiger partial charge in [0.1, 0.15) is 6.61 Å². The van der Waals surface area contributed by atoms with E-state index in [2.05, 4.69) is 53.3 Å². The molecule has 2 aliphatic rings. The van der Waals surface area contributed by atoms with Crippen LogP contribution in [0, 0.1) is 5.92 Å². The number of nitrogens with one attached hydrogen (secondary N) is 1. The predicted octanol–water partition coefficient (Wildman–Crippen LogP) is 4.06. The van der Waals surface area contributed by atoms with Gasteiger partial charge in [0.15, 0.2) is 0 Å². The standard InChI is InChI=1S/C25H29N3O2/c1-27-14-18(13-26-25(29)30-16-17-7-4-3-5-8-17)11-21-20-9-6-10-22-24(20)19(12-23(21)27)15-28(22)2/h3-10,15,18,21,23H,11-14,16H2,1-2H3,(H,26,29)/t18-,21-,23-/m1/s1. The van der Waals surface area contributed by atoms with Crippen molar-refractivity contribution < 1.29 is 9.53 Å². The second-order valence-corrected chi connectivity index (χ2v) is 8.87. The third-order valence-corrected chi connectivity index (χ3v) is 6.87. The van der Waals surface area contributed by atoms with Crippen molar-refractivity contribution in [1.82, 2.24) is 14.8 Å². The van der Waals surface area contributed by atoms with Gasteiger partial charge in [-0.25, -0.2) is 4.79 Å². The summed E-state index contributed by atoms with van der Waals surface area (Å²) in [6, 6.07) is 17.0. The number of aromatic nitrogens is 1. The summed E-state index contributed by atoms with van der Waals surface area (Å²) < 4.78 is 7.64. The van der Waals surface area contributed by atoms with Gasteiger partial charge in [0.05, 0.1) is 0 Å². The maximum Gasteiger partial charge on any atom is 0.407 e. The first-order valence-electron chi connectivity index (χ1n) is 10.8. The Hall–Kier alpha value is -2.79. The van der Waals surface area contributed by atoms with E-state index in [1.165, 1.54) is 22.0 Å². The molecule has 30 heavy (non-hydrogen) atoms. The van der Waals surface area contributed by atoms with Gasteiger partial charge in [-0.2, -0.15) is 0 Å². The Morgan fingerprint density at radius 3 is 2.80 bits per heavy atom. The van der Waals surface area contributed by atoms with Crippen molar-refractivity contribution in [3.05, 3.63) is 71.4 Å². The highest BCUT2D eigenvalue weighted by atomic mass is 16.5. The lowest BCUT2D eigenvalue weighted by Gasteiger charge is -2.45. The number of hydrogen-bond acceptors (Lipinski definition) is 3. The Morgan fingerprint density at radius 1 is 1.13 bits per heavy atom. The summed E-state index contributed by atoms with van der Waals surface area (Å²) in [6.45, 7) is 1.96.